The van der Waals surface area contributed by atoms with Crippen molar-refractivity contribution in [2.75, 3.05) is 12.8 Å². The highest BCUT2D eigenvalue weighted by Crippen LogP contribution is 2.43. The standard InChI is InChI=1S/C25H24FN5O3/c1-25(33)11-16(12-25)31-23(27)21(24(28)32)22(30-31)14-6-7-17-19(9-14)29-18(10-20(17)34-2)13-4-3-5-15(26)8-13/h3-10,16,33H,11-12,27H2,1-2H3,(H2,28,32)/t16-,25+. The second kappa shape index (κ2) is 7.81. The Kier molecular flexibility index (Phi) is 5.02. The number of aromatic nitrogens is 3. The fraction of sp³-hybridized carbons (Fsp3) is 0.240. The first-order valence-corrected chi connectivity index (χ1v) is 10.8. The molecule has 0 aliphatic heterocycles. The Morgan fingerprint density at radius 3 is 2.62 bits per heavy atom. The van der Waals surface area contributed by atoms with Crippen LogP contribution in [0.5, 0.6) is 5.75 Å². The summed E-state index contributed by atoms with van der Waals surface area (Å²) in [6, 6.07) is 13.2. The average Bonchev–Trinajstić information content (AvgIpc) is 3.13. The number of hydrogen-bond donors (Lipinski definition) is 3. The number of pyridine rings is 1. The lowest BCUT2D eigenvalue weighted by Gasteiger charge is -2.41. The fourth-order valence-corrected chi connectivity index (χ4v) is 4.61. The number of benzene rings is 2. The molecule has 0 radical (unpaired) electrons. The van der Waals surface area contributed by atoms with Crippen LogP contribution in [0.15, 0.2) is 48.5 Å². The van der Waals surface area contributed by atoms with Crippen molar-refractivity contribution in [2.45, 2.75) is 31.4 Å². The van der Waals surface area contributed by atoms with E-state index in [-0.39, 0.29) is 23.2 Å². The number of anilines is 1. The van der Waals surface area contributed by atoms with Gasteiger partial charge in [0, 0.05) is 22.6 Å². The molecule has 1 saturated carbocycles. The number of amides is 1. The zero-order valence-electron chi connectivity index (χ0n) is 18.7. The second-order valence-electron chi connectivity index (χ2n) is 8.93. The van der Waals surface area contributed by atoms with E-state index in [2.05, 4.69) is 5.10 Å². The molecule has 4 aromatic rings. The van der Waals surface area contributed by atoms with E-state index < -0.39 is 11.5 Å². The molecule has 34 heavy (non-hydrogen) atoms. The van der Waals surface area contributed by atoms with E-state index >= 15 is 0 Å². The summed E-state index contributed by atoms with van der Waals surface area (Å²) >= 11 is 0. The number of nitrogens with two attached hydrogens (primary N) is 2. The lowest BCUT2D eigenvalue weighted by Crippen LogP contribution is -2.42. The number of aliphatic hydroxyl groups is 1. The number of halogens is 1. The zero-order chi connectivity index (χ0) is 24.2. The van der Waals surface area contributed by atoms with Gasteiger partial charge in [0.1, 0.15) is 28.6 Å². The van der Waals surface area contributed by atoms with E-state index in [1.165, 1.54) is 12.1 Å². The fourth-order valence-electron chi connectivity index (χ4n) is 4.61. The van der Waals surface area contributed by atoms with Crippen molar-refractivity contribution in [3.63, 3.8) is 0 Å². The Labute approximate surface area is 195 Å². The van der Waals surface area contributed by atoms with Crippen molar-refractivity contribution in [1.82, 2.24) is 14.8 Å². The molecule has 9 heteroatoms. The minimum Gasteiger partial charge on any atom is -0.496 e. The molecule has 0 atom stereocenters. The summed E-state index contributed by atoms with van der Waals surface area (Å²) in [7, 11) is 1.55. The molecule has 0 unspecified atom stereocenters. The highest BCUT2D eigenvalue weighted by atomic mass is 19.1. The molecule has 1 aliphatic carbocycles. The summed E-state index contributed by atoms with van der Waals surface area (Å²) in [4.78, 5) is 17.0. The van der Waals surface area contributed by atoms with Gasteiger partial charge in [-0.25, -0.2) is 14.1 Å². The van der Waals surface area contributed by atoms with Crippen LogP contribution in [0.2, 0.25) is 0 Å². The molecule has 5 N–H and O–H groups in total. The molecule has 1 fully saturated rings. The average molecular weight is 461 g/mol. The summed E-state index contributed by atoms with van der Waals surface area (Å²) in [6.45, 7) is 1.75. The van der Waals surface area contributed by atoms with Gasteiger partial charge in [-0.05, 0) is 44.0 Å². The van der Waals surface area contributed by atoms with Crippen LogP contribution in [-0.2, 0) is 0 Å². The first kappa shape index (κ1) is 21.8. The Bertz CT molecular complexity index is 1440. The van der Waals surface area contributed by atoms with E-state index in [1.807, 2.05) is 6.07 Å². The molecule has 2 aromatic carbocycles. The summed E-state index contributed by atoms with van der Waals surface area (Å²) in [5.74, 6) is -0.312. The summed E-state index contributed by atoms with van der Waals surface area (Å²) in [5, 5.41) is 15.5. The highest BCUT2D eigenvalue weighted by molar-refractivity contribution is 6.04. The molecule has 0 bridgehead atoms. The van der Waals surface area contributed by atoms with E-state index in [0.717, 1.165) is 5.39 Å². The van der Waals surface area contributed by atoms with Gasteiger partial charge in [0.15, 0.2) is 0 Å². The van der Waals surface area contributed by atoms with Crippen molar-refractivity contribution in [1.29, 1.82) is 0 Å². The van der Waals surface area contributed by atoms with Gasteiger partial charge in [0.05, 0.1) is 30.0 Å². The summed E-state index contributed by atoms with van der Waals surface area (Å²) in [5.41, 5.74) is 13.9. The Morgan fingerprint density at radius 2 is 1.97 bits per heavy atom. The topological polar surface area (TPSA) is 129 Å². The van der Waals surface area contributed by atoms with Crippen molar-refractivity contribution < 1.29 is 19.0 Å². The Balaban J connectivity index is 1.65. The molecule has 0 spiro atoms. The molecule has 8 nitrogen and oxygen atoms in total. The minimum absolute atomic E-state index is 0.124. The molecule has 0 saturated heterocycles. The van der Waals surface area contributed by atoms with Gasteiger partial charge < -0.3 is 21.3 Å². The molecule has 1 amide bonds. The lowest BCUT2D eigenvalue weighted by molar-refractivity contribution is -0.0535. The number of nitrogen functional groups attached to an aromatic ring is 1. The third-order valence-corrected chi connectivity index (χ3v) is 6.28. The van der Waals surface area contributed by atoms with Crippen molar-refractivity contribution in [3.05, 3.63) is 59.9 Å². The van der Waals surface area contributed by atoms with Crippen molar-refractivity contribution >= 4 is 22.6 Å². The zero-order valence-corrected chi connectivity index (χ0v) is 18.7. The molecule has 174 valence electrons. The minimum atomic E-state index is -0.785. The summed E-state index contributed by atoms with van der Waals surface area (Å²) in [6.07, 6.45) is 0.952. The number of rotatable bonds is 5. The predicted molar refractivity (Wildman–Crippen MR) is 127 cm³/mol. The van der Waals surface area contributed by atoms with Gasteiger partial charge in [-0.3, -0.25) is 4.79 Å². The van der Waals surface area contributed by atoms with Crippen LogP contribution >= 0.6 is 0 Å². The molecule has 2 aromatic heterocycles. The molecular formula is C25H24FN5O3. The van der Waals surface area contributed by atoms with E-state index in [1.54, 1.807) is 49.0 Å². The molecule has 2 heterocycles. The third kappa shape index (κ3) is 3.63. The highest BCUT2D eigenvalue weighted by Gasteiger charge is 2.41. The van der Waals surface area contributed by atoms with Gasteiger partial charge in [0.25, 0.3) is 5.91 Å². The third-order valence-electron chi connectivity index (χ3n) is 6.28. The molecule has 5 rings (SSSR count). The SMILES string of the molecule is COc1cc(-c2cccc(F)c2)nc2cc(-c3nn([C@H]4C[C@@](C)(O)C4)c(N)c3C(N)=O)ccc12. The largest absolute Gasteiger partial charge is 0.496 e. The predicted octanol–water partition coefficient (Wildman–Crippen LogP) is 3.68. The Hall–Kier alpha value is -3.98. The molecule has 1 aliphatic rings. The number of methoxy groups -OCH3 is 1. The van der Waals surface area contributed by atoms with E-state index in [4.69, 9.17) is 21.2 Å². The quantitative estimate of drug-likeness (QED) is 0.416. The normalized spacial score (nSPS) is 19.7. The summed E-state index contributed by atoms with van der Waals surface area (Å²) < 4.78 is 20.9. The maximum absolute atomic E-state index is 13.8. The molecular weight excluding hydrogens is 437 g/mol. The number of carbonyl (C=O) groups excluding carboxylic acids is 1. The van der Waals surface area contributed by atoms with Crippen LogP contribution in [0.1, 0.15) is 36.2 Å². The first-order chi connectivity index (χ1) is 16.2. The van der Waals surface area contributed by atoms with Gasteiger partial charge >= 0.3 is 0 Å². The Morgan fingerprint density at radius 1 is 1.21 bits per heavy atom. The van der Waals surface area contributed by atoms with E-state index in [9.17, 15) is 14.3 Å². The maximum Gasteiger partial charge on any atom is 0.254 e. The van der Waals surface area contributed by atoms with Crippen LogP contribution < -0.4 is 16.2 Å². The van der Waals surface area contributed by atoms with Crippen molar-refractivity contribution in [3.8, 4) is 28.3 Å². The smallest absolute Gasteiger partial charge is 0.254 e. The number of fused-ring (bicyclic) bond motifs is 1. The van der Waals surface area contributed by atoms with E-state index in [0.29, 0.717) is 46.6 Å². The van der Waals surface area contributed by atoms with Crippen LogP contribution in [0, 0.1) is 5.82 Å². The van der Waals surface area contributed by atoms with Gasteiger partial charge in [0.2, 0.25) is 0 Å². The van der Waals surface area contributed by atoms with Crippen LogP contribution in [0.4, 0.5) is 10.2 Å². The monoisotopic (exact) mass is 461 g/mol. The number of carbonyl (C=O) groups is 1. The first-order valence-electron chi connectivity index (χ1n) is 10.8. The number of hydrogen-bond acceptors (Lipinski definition) is 6. The number of nitrogens with zero attached hydrogens (tertiary/aromatic N) is 3. The van der Waals surface area contributed by atoms with Crippen molar-refractivity contribution in [2.24, 2.45) is 5.73 Å². The van der Waals surface area contributed by atoms with Crippen LogP contribution in [0.3, 0.4) is 0 Å². The van der Waals surface area contributed by atoms with Gasteiger partial charge in [-0.1, -0.05) is 18.2 Å². The van der Waals surface area contributed by atoms with Gasteiger partial charge in [-0.2, -0.15) is 5.10 Å². The van der Waals surface area contributed by atoms with Crippen LogP contribution in [0.25, 0.3) is 33.4 Å². The number of ether oxygens (including phenoxy) is 1. The number of primary amides is 1. The maximum atomic E-state index is 13.8. The van der Waals surface area contributed by atoms with Crippen LogP contribution in [-0.4, -0.2) is 38.5 Å². The second-order valence-corrected chi connectivity index (χ2v) is 8.93. The lowest BCUT2D eigenvalue weighted by atomic mass is 9.77. The van der Waals surface area contributed by atoms with Gasteiger partial charge in [-0.15, -0.1) is 0 Å².